The van der Waals surface area contributed by atoms with Crippen LogP contribution in [0.25, 0.3) is 0 Å². The topological polar surface area (TPSA) is 64.6 Å². The predicted octanol–water partition coefficient (Wildman–Crippen LogP) is 3.75. The predicted molar refractivity (Wildman–Crippen MR) is 99.0 cm³/mol. The van der Waals surface area contributed by atoms with Crippen molar-refractivity contribution in [1.82, 2.24) is 0 Å². The highest BCUT2D eigenvalue weighted by Crippen LogP contribution is 2.23. The van der Waals surface area contributed by atoms with Gasteiger partial charge in [-0.05, 0) is 43.3 Å². The van der Waals surface area contributed by atoms with Gasteiger partial charge in [0.25, 0.3) is 0 Å². The Morgan fingerprint density at radius 3 is 2.54 bits per heavy atom. The smallest absolute Gasteiger partial charge is 0.339 e. The maximum absolute atomic E-state index is 12.9. The fraction of sp³-hybridized carbons (Fsp3) is 0.263. The Balaban J connectivity index is 1.89. The molecule has 0 aromatic heterocycles. The van der Waals surface area contributed by atoms with Gasteiger partial charge in [-0.25, -0.2) is 9.18 Å². The number of hydrogen-bond donors (Lipinski definition) is 1. The fourth-order valence-electron chi connectivity index (χ4n) is 2.05. The van der Waals surface area contributed by atoms with E-state index in [1.807, 2.05) is 6.92 Å². The number of amides is 1. The van der Waals surface area contributed by atoms with E-state index in [4.69, 9.17) is 9.47 Å². The van der Waals surface area contributed by atoms with Crippen LogP contribution in [0.4, 0.5) is 10.1 Å². The summed E-state index contributed by atoms with van der Waals surface area (Å²) in [5.74, 6) is -0.956. The van der Waals surface area contributed by atoms with Gasteiger partial charge < -0.3 is 14.8 Å². The van der Waals surface area contributed by atoms with Gasteiger partial charge in [-0.2, -0.15) is 0 Å². The van der Waals surface area contributed by atoms with Gasteiger partial charge in [-0.1, -0.05) is 12.1 Å². The first-order chi connectivity index (χ1) is 12.6. The molecule has 1 amide bonds. The van der Waals surface area contributed by atoms with E-state index in [1.54, 1.807) is 24.3 Å². The molecule has 5 nitrogen and oxygen atoms in total. The summed E-state index contributed by atoms with van der Waals surface area (Å²) >= 11 is 1.23. The number of esters is 1. The first-order valence-corrected chi connectivity index (χ1v) is 9.11. The van der Waals surface area contributed by atoms with Crippen LogP contribution in [0.1, 0.15) is 17.3 Å². The monoisotopic (exact) mass is 377 g/mol. The minimum absolute atomic E-state index is 0.112. The summed E-state index contributed by atoms with van der Waals surface area (Å²) in [4.78, 5) is 24.9. The largest absolute Gasteiger partial charge is 0.460 e. The molecule has 0 aliphatic heterocycles. The molecule has 0 heterocycles. The number of ether oxygens (including phenoxy) is 2. The minimum atomic E-state index is -0.452. The zero-order valence-corrected chi connectivity index (χ0v) is 15.2. The van der Waals surface area contributed by atoms with Crippen molar-refractivity contribution in [3.05, 3.63) is 59.9 Å². The Hall–Kier alpha value is -2.38. The number of rotatable bonds is 9. The lowest BCUT2D eigenvalue weighted by molar-refractivity contribution is -0.113. The van der Waals surface area contributed by atoms with Crippen molar-refractivity contribution in [2.45, 2.75) is 11.8 Å². The third kappa shape index (κ3) is 6.50. The van der Waals surface area contributed by atoms with Crippen LogP contribution in [0.5, 0.6) is 0 Å². The molecule has 0 radical (unpaired) electrons. The third-order valence-electron chi connectivity index (χ3n) is 3.26. The summed E-state index contributed by atoms with van der Waals surface area (Å²) in [5.41, 5.74) is 0.921. The first-order valence-electron chi connectivity index (χ1n) is 8.12. The van der Waals surface area contributed by atoms with E-state index in [0.29, 0.717) is 29.4 Å². The summed E-state index contributed by atoms with van der Waals surface area (Å²) in [6.45, 7) is 2.95. The second-order valence-electron chi connectivity index (χ2n) is 5.17. The summed E-state index contributed by atoms with van der Waals surface area (Å²) < 4.78 is 23.2. The van der Waals surface area contributed by atoms with E-state index >= 15 is 0 Å². The van der Waals surface area contributed by atoms with Crippen LogP contribution < -0.4 is 5.32 Å². The van der Waals surface area contributed by atoms with Gasteiger partial charge in [0.15, 0.2) is 0 Å². The molecular formula is C19H20FNO4S. The second kappa shape index (κ2) is 10.6. The second-order valence-corrected chi connectivity index (χ2v) is 6.19. The molecule has 0 saturated carbocycles. The summed E-state index contributed by atoms with van der Waals surface area (Å²) in [6, 6.07) is 12.5. The molecule has 7 heteroatoms. The Morgan fingerprint density at radius 1 is 1.08 bits per heavy atom. The van der Waals surface area contributed by atoms with Gasteiger partial charge in [0.2, 0.25) is 5.91 Å². The molecule has 2 rings (SSSR count). The van der Waals surface area contributed by atoms with Crippen LogP contribution in [-0.2, 0) is 14.3 Å². The van der Waals surface area contributed by atoms with Crippen molar-refractivity contribution in [3.63, 3.8) is 0 Å². The number of thioether (sulfide) groups is 1. The van der Waals surface area contributed by atoms with E-state index in [1.165, 1.54) is 36.0 Å². The number of anilines is 1. The molecule has 0 bridgehead atoms. The van der Waals surface area contributed by atoms with Crippen molar-refractivity contribution in [3.8, 4) is 0 Å². The van der Waals surface area contributed by atoms with E-state index < -0.39 is 5.97 Å². The van der Waals surface area contributed by atoms with Crippen LogP contribution in [-0.4, -0.2) is 37.4 Å². The molecule has 0 spiro atoms. The number of hydrogen-bond acceptors (Lipinski definition) is 5. The fourth-order valence-corrected chi connectivity index (χ4v) is 2.89. The van der Waals surface area contributed by atoms with Crippen molar-refractivity contribution in [1.29, 1.82) is 0 Å². The quantitative estimate of drug-likeness (QED) is 0.410. The van der Waals surface area contributed by atoms with E-state index in [0.717, 1.165) is 0 Å². The highest BCUT2D eigenvalue weighted by atomic mass is 32.2. The molecule has 26 heavy (non-hydrogen) atoms. The molecule has 0 aliphatic rings. The lowest BCUT2D eigenvalue weighted by Gasteiger charge is -2.10. The lowest BCUT2D eigenvalue weighted by atomic mass is 10.2. The van der Waals surface area contributed by atoms with Crippen molar-refractivity contribution < 1.29 is 23.5 Å². The molecule has 1 N–H and O–H groups in total. The van der Waals surface area contributed by atoms with Crippen LogP contribution in [0.15, 0.2) is 53.4 Å². The highest BCUT2D eigenvalue weighted by Gasteiger charge is 2.14. The van der Waals surface area contributed by atoms with Gasteiger partial charge in [0.1, 0.15) is 12.4 Å². The normalized spacial score (nSPS) is 10.4. The molecule has 2 aromatic rings. The molecular weight excluding hydrogens is 357 g/mol. The number of benzene rings is 2. The van der Waals surface area contributed by atoms with E-state index in [2.05, 4.69) is 5.32 Å². The molecule has 0 saturated heterocycles. The molecule has 0 fully saturated rings. The number of nitrogens with one attached hydrogen (secondary N) is 1. The van der Waals surface area contributed by atoms with E-state index in [-0.39, 0.29) is 24.1 Å². The summed E-state index contributed by atoms with van der Waals surface area (Å²) in [6.07, 6.45) is 0. The van der Waals surface area contributed by atoms with Gasteiger partial charge in [-0.15, -0.1) is 11.8 Å². The SMILES string of the molecule is CCOCCOC(=O)c1ccccc1SCC(=O)Nc1ccc(F)cc1. The molecule has 138 valence electrons. The molecule has 0 aliphatic carbocycles. The van der Waals surface area contributed by atoms with Gasteiger partial charge >= 0.3 is 5.97 Å². The Morgan fingerprint density at radius 2 is 1.81 bits per heavy atom. The molecule has 2 aromatic carbocycles. The first kappa shape index (κ1) is 19.9. The Labute approximate surface area is 155 Å². The van der Waals surface area contributed by atoms with Crippen molar-refractivity contribution in [2.24, 2.45) is 0 Å². The zero-order chi connectivity index (χ0) is 18.8. The third-order valence-corrected chi connectivity index (χ3v) is 4.33. The Bertz CT molecular complexity index is 737. The van der Waals surface area contributed by atoms with Crippen molar-refractivity contribution in [2.75, 3.05) is 30.9 Å². The highest BCUT2D eigenvalue weighted by molar-refractivity contribution is 8.00. The summed E-state index contributed by atoms with van der Waals surface area (Å²) in [7, 11) is 0. The van der Waals surface area contributed by atoms with Crippen molar-refractivity contribution >= 4 is 29.3 Å². The Kier molecular flexibility index (Phi) is 8.11. The minimum Gasteiger partial charge on any atom is -0.460 e. The average molecular weight is 377 g/mol. The standard InChI is InChI=1S/C19H20FNO4S/c1-2-24-11-12-25-19(23)16-5-3-4-6-17(16)26-13-18(22)21-15-9-7-14(20)8-10-15/h3-10H,2,11-13H2,1H3,(H,21,22). The van der Waals surface area contributed by atoms with E-state index in [9.17, 15) is 14.0 Å². The van der Waals surface area contributed by atoms with Crippen LogP contribution >= 0.6 is 11.8 Å². The lowest BCUT2D eigenvalue weighted by Crippen LogP contribution is -2.15. The van der Waals surface area contributed by atoms with Gasteiger partial charge in [0.05, 0.1) is 17.9 Å². The van der Waals surface area contributed by atoms with Crippen LogP contribution in [0.3, 0.4) is 0 Å². The summed E-state index contributed by atoms with van der Waals surface area (Å²) in [5, 5.41) is 2.68. The molecule has 0 atom stereocenters. The van der Waals surface area contributed by atoms with Gasteiger partial charge in [-0.3, -0.25) is 4.79 Å². The number of carbonyl (C=O) groups is 2. The van der Waals surface area contributed by atoms with Crippen LogP contribution in [0.2, 0.25) is 0 Å². The zero-order valence-electron chi connectivity index (χ0n) is 14.4. The average Bonchev–Trinajstić information content (AvgIpc) is 2.65. The van der Waals surface area contributed by atoms with Crippen LogP contribution in [0, 0.1) is 5.82 Å². The maximum Gasteiger partial charge on any atom is 0.339 e. The van der Waals surface area contributed by atoms with Gasteiger partial charge in [0, 0.05) is 17.2 Å². The number of halogens is 1. The molecule has 0 unspecified atom stereocenters. The number of carbonyl (C=O) groups excluding carboxylic acids is 2. The maximum atomic E-state index is 12.9.